The first-order chi connectivity index (χ1) is 6.07. The van der Waals surface area contributed by atoms with E-state index in [0.29, 0.717) is 21.3 Å². The molecule has 0 saturated carbocycles. The number of nitrogen functional groups attached to an aromatic ring is 1. The largest absolute Gasteiger partial charge is 0.397 e. The molecule has 0 heterocycles. The van der Waals surface area contributed by atoms with E-state index in [1.807, 2.05) is 6.07 Å². The zero-order valence-corrected chi connectivity index (χ0v) is 8.55. The summed E-state index contributed by atoms with van der Waals surface area (Å²) in [6.07, 6.45) is 0. The minimum Gasteiger partial charge on any atom is -0.397 e. The van der Waals surface area contributed by atoms with Crippen molar-refractivity contribution in [2.75, 3.05) is 5.73 Å². The van der Waals surface area contributed by atoms with Crippen molar-refractivity contribution in [3.05, 3.63) is 27.7 Å². The number of hydrogen-bond donors (Lipinski definition) is 1. The van der Waals surface area contributed by atoms with Gasteiger partial charge in [0.15, 0.2) is 5.78 Å². The van der Waals surface area contributed by atoms with Gasteiger partial charge in [-0.3, -0.25) is 4.79 Å². The smallest absolute Gasteiger partial charge is 0.161 e. The predicted molar refractivity (Wildman–Crippen MR) is 53.3 cm³/mol. The lowest BCUT2D eigenvalue weighted by atomic mass is 10.1. The summed E-state index contributed by atoms with van der Waals surface area (Å²) in [7, 11) is 0. The zero-order valence-electron chi connectivity index (χ0n) is 6.97. The van der Waals surface area contributed by atoms with Gasteiger partial charge in [-0.15, -0.1) is 0 Å². The molecule has 0 aromatic heterocycles. The number of hydrogen-bond acceptors (Lipinski definition) is 3. The summed E-state index contributed by atoms with van der Waals surface area (Å²) in [4.78, 5) is 11.0. The van der Waals surface area contributed by atoms with Crippen LogP contribution in [0.1, 0.15) is 22.8 Å². The average molecular weight is 239 g/mol. The number of nitrogens with two attached hydrogens (primary N) is 1. The second-order valence-electron chi connectivity index (χ2n) is 2.56. The molecule has 4 heteroatoms. The maximum Gasteiger partial charge on any atom is 0.161 e. The van der Waals surface area contributed by atoms with E-state index in [1.54, 1.807) is 6.07 Å². The molecule has 3 nitrogen and oxygen atoms in total. The van der Waals surface area contributed by atoms with E-state index in [4.69, 9.17) is 11.0 Å². The van der Waals surface area contributed by atoms with Gasteiger partial charge in [-0.2, -0.15) is 5.26 Å². The number of benzene rings is 1. The molecular formula is C9H7BrN2O. The zero-order chi connectivity index (χ0) is 10.0. The van der Waals surface area contributed by atoms with E-state index >= 15 is 0 Å². The lowest BCUT2D eigenvalue weighted by Gasteiger charge is -2.04. The van der Waals surface area contributed by atoms with Crippen molar-refractivity contribution >= 4 is 27.4 Å². The van der Waals surface area contributed by atoms with Gasteiger partial charge in [0.1, 0.15) is 6.07 Å². The first-order valence-electron chi connectivity index (χ1n) is 3.57. The number of nitrogens with zero attached hydrogens (tertiary/aromatic N) is 1. The molecule has 0 radical (unpaired) electrons. The molecule has 0 spiro atoms. The van der Waals surface area contributed by atoms with Crippen LogP contribution in [0.5, 0.6) is 0 Å². The molecule has 0 aliphatic heterocycles. The van der Waals surface area contributed by atoms with Gasteiger partial charge in [0, 0.05) is 5.56 Å². The number of nitriles is 1. The third-order valence-electron chi connectivity index (χ3n) is 1.68. The lowest BCUT2D eigenvalue weighted by molar-refractivity contribution is 0.101. The number of anilines is 1. The molecule has 1 aromatic carbocycles. The number of halogens is 1. The fraction of sp³-hybridized carbons (Fsp3) is 0.111. The van der Waals surface area contributed by atoms with E-state index in [0.717, 1.165) is 0 Å². The van der Waals surface area contributed by atoms with E-state index in [2.05, 4.69) is 15.9 Å². The molecule has 66 valence electrons. The van der Waals surface area contributed by atoms with E-state index < -0.39 is 0 Å². The highest BCUT2D eigenvalue weighted by atomic mass is 79.9. The molecular weight excluding hydrogens is 232 g/mol. The Morgan fingerprint density at radius 2 is 2.23 bits per heavy atom. The van der Waals surface area contributed by atoms with Gasteiger partial charge in [-0.1, -0.05) is 0 Å². The maximum atomic E-state index is 11.0. The molecule has 0 saturated heterocycles. The minimum absolute atomic E-state index is 0.0805. The number of ketones is 1. The van der Waals surface area contributed by atoms with E-state index in [1.165, 1.54) is 13.0 Å². The topological polar surface area (TPSA) is 66.9 Å². The Kier molecular flexibility index (Phi) is 2.69. The highest BCUT2D eigenvalue weighted by molar-refractivity contribution is 9.10. The lowest BCUT2D eigenvalue weighted by Crippen LogP contribution is -1.99. The molecule has 0 amide bonds. The number of rotatable bonds is 1. The second kappa shape index (κ2) is 3.58. The summed E-state index contributed by atoms with van der Waals surface area (Å²) in [5.74, 6) is -0.0805. The van der Waals surface area contributed by atoms with Crippen LogP contribution in [0.2, 0.25) is 0 Å². The Balaban J connectivity index is 3.42. The van der Waals surface area contributed by atoms with Crippen molar-refractivity contribution in [2.24, 2.45) is 0 Å². The monoisotopic (exact) mass is 238 g/mol. The first kappa shape index (κ1) is 9.75. The van der Waals surface area contributed by atoms with Crippen LogP contribution < -0.4 is 5.73 Å². The summed E-state index contributed by atoms with van der Waals surface area (Å²) < 4.78 is 0.499. The van der Waals surface area contributed by atoms with Gasteiger partial charge in [0.05, 0.1) is 15.7 Å². The SMILES string of the molecule is CC(=O)c1ccc(C#N)c(N)c1Br. The third kappa shape index (κ3) is 1.70. The maximum absolute atomic E-state index is 11.0. The first-order valence-corrected chi connectivity index (χ1v) is 4.36. The van der Waals surface area contributed by atoms with Crippen LogP contribution in [0.15, 0.2) is 16.6 Å². The minimum atomic E-state index is -0.0805. The van der Waals surface area contributed by atoms with Crippen LogP contribution in [0.3, 0.4) is 0 Å². The van der Waals surface area contributed by atoms with Crippen molar-refractivity contribution < 1.29 is 4.79 Å². The molecule has 0 bridgehead atoms. The van der Waals surface area contributed by atoms with Crippen LogP contribution in [0, 0.1) is 11.3 Å². The van der Waals surface area contributed by atoms with Crippen molar-refractivity contribution in [1.29, 1.82) is 5.26 Å². The number of carbonyl (C=O) groups excluding carboxylic acids is 1. The molecule has 0 atom stereocenters. The van der Waals surface area contributed by atoms with Crippen molar-refractivity contribution in [2.45, 2.75) is 6.92 Å². The summed E-state index contributed by atoms with van der Waals surface area (Å²) >= 11 is 3.18. The molecule has 0 aliphatic rings. The highest BCUT2D eigenvalue weighted by Gasteiger charge is 2.10. The van der Waals surface area contributed by atoms with Crippen LogP contribution in [-0.4, -0.2) is 5.78 Å². The summed E-state index contributed by atoms with van der Waals surface area (Å²) in [5.41, 5.74) is 6.79. The highest BCUT2D eigenvalue weighted by Crippen LogP contribution is 2.27. The second-order valence-corrected chi connectivity index (χ2v) is 3.35. The fourth-order valence-electron chi connectivity index (χ4n) is 0.962. The number of Topliss-reactive ketones (excluding diaryl/α,β-unsaturated/α-hetero) is 1. The Bertz CT molecular complexity index is 407. The Hall–Kier alpha value is -1.34. The quantitative estimate of drug-likeness (QED) is 0.602. The van der Waals surface area contributed by atoms with Gasteiger partial charge < -0.3 is 5.73 Å². The number of carbonyl (C=O) groups is 1. The molecule has 2 N–H and O–H groups in total. The van der Waals surface area contributed by atoms with Gasteiger partial charge >= 0.3 is 0 Å². The summed E-state index contributed by atoms with van der Waals surface area (Å²) in [6.45, 7) is 1.45. The standard InChI is InChI=1S/C9H7BrN2O/c1-5(13)7-3-2-6(4-11)9(12)8(7)10/h2-3H,12H2,1H3. The fourth-order valence-corrected chi connectivity index (χ4v) is 1.59. The molecule has 0 unspecified atom stereocenters. The summed E-state index contributed by atoms with van der Waals surface area (Å²) in [6, 6.07) is 5.06. The molecule has 0 fully saturated rings. The molecule has 13 heavy (non-hydrogen) atoms. The van der Waals surface area contributed by atoms with Crippen molar-refractivity contribution in [3.8, 4) is 6.07 Å². The van der Waals surface area contributed by atoms with E-state index in [9.17, 15) is 4.79 Å². The Labute approximate surface area is 84.3 Å². The molecule has 1 rings (SSSR count). The van der Waals surface area contributed by atoms with Crippen molar-refractivity contribution in [3.63, 3.8) is 0 Å². The van der Waals surface area contributed by atoms with Crippen LogP contribution in [-0.2, 0) is 0 Å². The Morgan fingerprint density at radius 1 is 1.62 bits per heavy atom. The van der Waals surface area contributed by atoms with Crippen LogP contribution >= 0.6 is 15.9 Å². The molecule has 1 aromatic rings. The normalized spacial score (nSPS) is 9.31. The average Bonchev–Trinajstić information content (AvgIpc) is 2.09. The predicted octanol–water partition coefficient (Wildman–Crippen LogP) is 2.11. The van der Waals surface area contributed by atoms with Gasteiger partial charge in [0.2, 0.25) is 0 Å². The Morgan fingerprint density at radius 3 is 2.69 bits per heavy atom. The van der Waals surface area contributed by atoms with Gasteiger partial charge in [0.25, 0.3) is 0 Å². The van der Waals surface area contributed by atoms with Crippen LogP contribution in [0.25, 0.3) is 0 Å². The van der Waals surface area contributed by atoms with Crippen LogP contribution in [0.4, 0.5) is 5.69 Å². The van der Waals surface area contributed by atoms with Crippen molar-refractivity contribution in [1.82, 2.24) is 0 Å². The summed E-state index contributed by atoms with van der Waals surface area (Å²) in [5, 5.41) is 8.64. The van der Waals surface area contributed by atoms with E-state index in [-0.39, 0.29) is 5.78 Å². The van der Waals surface area contributed by atoms with Gasteiger partial charge in [-0.05, 0) is 35.0 Å². The molecule has 0 aliphatic carbocycles. The van der Waals surface area contributed by atoms with Gasteiger partial charge in [-0.25, -0.2) is 0 Å². The third-order valence-corrected chi connectivity index (χ3v) is 2.53.